The number of hydrogen-bond acceptors (Lipinski definition) is 3. The highest BCUT2D eigenvalue weighted by Crippen LogP contribution is 2.30. The van der Waals surface area contributed by atoms with Crippen LogP contribution < -0.4 is 10.2 Å². The number of fused-ring (bicyclic) bond motifs is 1. The van der Waals surface area contributed by atoms with E-state index in [0.717, 1.165) is 19.6 Å². The van der Waals surface area contributed by atoms with Gasteiger partial charge in [-0.25, -0.2) is 0 Å². The maximum atomic E-state index is 9.28. The monoisotopic (exact) mass is 290 g/mol. The summed E-state index contributed by atoms with van der Waals surface area (Å²) in [6.45, 7) is 9.95. The van der Waals surface area contributed by atoms with E-state index >= 15 is 0 Å². The molecule has 118 valence electrons. The lowest BCUT2D eigenvalue weighted by atomic mass is 9.96. The number of nitrogens with one attached hydrogen (secondary N) is 1. The molecule has 1 aromatic carbocycles. The van der Waals surface area contributed by atoms with Gasteiger partial charge in [-0.2, -0.15) is 0 Å². The van der Waals surface area contributed by atoms with Crippen LogP contribution >= 0.6 is 0 Å². The molecule has 2 rings (SSSR count). The number of aliphatic hydroxyl groups is 1. The van der Waals surface area contributed by atoms with Crippen LogP contribution in [0.5, 0.6) is 0 Å². The Morgan fingerprint density at radius 2 is 2.14 bits per heavy atom. The predicted octanol–water partition coefficient (Wildman–Crippen LogP) is 3.13. The van der Waals surface area contributed by atoms with Crippen molar-refractivity contribution in [2.45, 2.75) is 46.1 Å². The Morgan fingerprint density at radius 3 is 2.86 bits per heavy atom. The van der Waals surface area contributed by atoms with Crippen molar-refractivity contribution >= 4 is 5.69 Å². The van der Waals surface area contributed by atoms with E-state index in [1.165, 1.54) is 36.1 Å². The van der Waals surface area contributed by atoms with Gasteiger partial charge in [0.05, 0.1) is 0 Å². The Kier molecular flexibility index (Phi) is 6.07. The molecule has 0 saturated carbocycles. The average Bonchev–Trinajstić information content (AvgIpc) is 2.52. The summed E-state index contributed by atoms with van der Waals surface area (Å²) in [5, 5.41) is 12.8. The van der Waals surface area contributed by atoms with Crippen molar-refractivity contribution in [2.75, 3.05) is 31.1 Å². The van der Waals surface area contributed by atoms with Gasteiger partial charge in [-0.15, -0.1) is 0 Å². The molecule has 0 radical (unpaired) electrons. The molecular weight excluding hydrogens is 260 g/mol. The van der Waals surface area contributed by atoms with Crippen molar-refractivity contribution in [2.24, 2.45) is 5.92 Å². The molecule has 2 N–H and O–H groups in total. The van der Waals surface area contributed by atoms with Gasteiger partial charge in [0.2, 0.25) is 0 Å². The standard InChI is InChI=1S/C18H30N2O/c1-4-9-19-15(3)16-7-8-18-17(11-16)6-5-10-20(18)12-14(2)13-21/h7-8,11,14-15,19,21H,4-6,9-10,12-13H2,1-3H3. The van der Waals surface area contributed by atoms with Crippen LogP contribution in [0.4, 0.5) is 5.69 Å². The van der Waals surface area contributed by atoms with Gasteiger partial charge in [-0.3, -0.25) is 0 Å². The molecule has 3 heteroatoms. The Balaban J connectivity index is 2.12. The largest absolute Gasteiger partial charge is 0.396 e. The lowest BCUT2D eigenvalue weighted by Gasteiger charge is -2.33. The summed E-state index contributed by atoms with van der Waals surface area (Å²) in [6.07, 6.45) is 3.56. The smallest absolute Gasteiger partial charge is 0.0473 e. The van der Waals surface area contributed by atoms with Crippen LogP contribution in [0.2, 0.25) is 0 Å². The molecule has 0 aliphatic carbocycles. The molecule has 0 fully saturated rings. The molecule has 1 aliphatic rings. The first-order chi connectivity index (χ1) is 10.2. The van der Waals surface area contributed by atoms with E-state index in [1.807, 2.05) is 0 Å². The predicted molar refractivity (Wildman–Crippen MR) is 89.9 cm³/mol. The molecule has 0 aromatic heterocycles. The number of aryl methyl sites for hydroxylation is 1. The van der Waals surface area contributed by atoms with Crippen LogP contribution in [0, 0.1) is 5.92 Å². The van der Waals surface area contributed by atoms with Crippen molar-refractivity contribution < 1.29 is 5.11 Å². The topological polar surface area (TPSA) is 35.5 Å². The van der Waals surface area contributed by atoms with Crippen LogP contribution in [0.25, 0.3) is 0 Å². The van der Waals surface area contributed by atoms with Crippen LogP contribution in [0.1, 0.15) is 50.8 Å². The van der Waals surface area contributed by atoms with Crippen molar-refractivity contribution in [3.05, 3.63) is 29.3 Å². The maximum Gasteiger partial charge on any atom is 0.0473 e. The minimum atomic E-state index is 0.266. The molecule has 2 unspecified atom stereocenters. The first-order valence-electron chi connectivity index (χ1n) is 8.37. The Morgan fingerprint density at radius 1 is 1.33 bits per heavy atom. The molecular formula is C18H30N2O. The third-order valence-electron chi connectivity index (χ3n) is 4.36. The fourth-order valence-corrected chi connectivity index (χ4v) is 3.07. The minimum Gasteiger partial charge on any atom is -0.396 e. The Hall–Kier alpha value is -1.06. The van der Waals surface area contributed by atoms with Crippen molar-refractivity contribution in [3.63, 3.8) is 0 Å². The van der Waals surface area contributed by atoms with Gasteiger partial charge in [-0.05, 0) is 55.8 Å². The van der Waals surface area contributed by atoms with Crippen LogP contribution in [0.3, 0.4) is 0 Å². The number of rotatable bonds is 7. The summed E-state index contributed by atoms with van der Waals surface area (Å²) < 4.78 is 0. The number of benzene rings is 1. The lowest BCUT2D eigenvalue weighted by molar-refractivity contribution is 0.239. The second kappa shape index (κ2) is 7.81. The van der Waals surface area contributed by atoms with E-state index in [2.05, 4.69) is 49.2 Å². The fraction of sp³-hybridized carbons (Fsp3) is 0.667. The van der Waals surface area contributed by atoms with E-state index in [-0.39, 0.29) is 6.61 Å². The molecule has 1 heterocycles. The van der Waals surface area contributed by atoms with E-state index < -0.39 is 0 Å². The van der Waals surface area contributed by atoms with Gasteiger partial charge in [0.15, 0.2) is 0 Å². The lowest BCUT2D eigenvalue weighted by Crippen LogP contribution is -2.34. The van der Waals surface area contributed by atoms with E-state index in [1.54, 1.807) is 0 Å². The van der Waals surface area contributed by atoms with E-state index in [9.17, 15) is 5.11 Å². The highest BCUT2D eigenvalue weighted by atomic mass is 16.3. The first kappa shape index (κ1) is 16.3. The Bertz CT molecular complexity index is 447. The Labute approximate surface area is 129 Å². The van der Waals surface area contributed by atoms with Crippen molar-refractivity contribution in [1.29, 1.82) is 0 Å². The fourth-order valence-electron chi connectivity index (χ4n) is 3.07. The van der Waals surface area contributed by atoms with Gasteiger partial charge >= 0.3 is 0 Å². The number of nitrogens with zero attached hydrogens (tertiary/aromatic N) is 1. The second-order valence-corrected chi connectivity index (χ2v) is 6.40. The third kappa shape index (κ3) is 4.21. The average molecular weight is 290 g/mol. The normalized spacial score (nSPS) is 17.4. The molecule has 0 saturated heterocycles. The first-order valence-corrected chi connectivity index (χ1v) is 8.37. The molecule has 2 atom stereocenters. The van der Waals surface area contributed by atoms with Crippen LogP contribution in [-0.4, -0.2) is 31.3 Å². The minimum absolute atomic E-state index is 0.266. The summed E-state index contributed by atoms with van der Waals surface area (Å²) in [7, 11) is 0. The van der Waals surface area contributed by atoms with Crippen LogP contribution in [0.15, 0.2) is 18.2 Å². The molecule has 0 bridgehead atoms. The quantitative estimate of drug-likeness (QED) is 0.810. The summed E-state index contributed by atoms with van der Waals surface area (Å²) in [4.78, 5) is 2.44. The SMILES string of the molecule is CCCNC(C)c1ccc2c(c1)CCCN2CC(C)CO. The molecule has 3 nitrogen and oxygen atoms in total. The van der Waals surface area contributed by atoms with Gasteiger partial charge in [0.25, 0.3) is 0 Å². The summed E-state index contributed by atoms with van der Waals surface area (Å²) >= 11 is 0. The van der Waals surface area contributed by atoms with E-state index in [0.29, 0.717) is 12.0 Å². The van der Waals surface area contributed by atoms with Crippen LogP contribution in [-0.2, 0) is 6.42 Å². The summed E-state index contributed by atoms with van der Waals surface area (Å²) in [5.74, 6) is 0.334. The molecule has 0 amide bonds. The number of aliphatic hydroxyl groups excluding tert-OH is 1. The summed E-state index contributed by atoms with van der Waals surface area (Å²) in [5.41, 5.74) is 4.22. The van der Waals surface area contributed by atoms with Gasteiger partial charge < -0.3 is 15.3 Å². The molecule has 1 aromatic rings. The summed E-state index contributed by atoms with van der Waals surface area (Å²) in [6, 6.07) is 7.33. The highest BCUT2D eigenvalue weighted by Gasteiger charge is 2.19. The van der Waals surface area contributed by atoms with Crippen molar-refractivity contribution in [3.8, 4) is 0 Å². The van der Waals surface area contributed by atoms with E-state index in [4.69, 9.17) is 0 Å². The highest BCUT2D eigenvalue weighted by molar-refractivity contribution is 5.57. The second-order valence-electron chi connectivity index (χ2n) is 6.40. The zero-order valence-electron chi connectivity index (χ0n) is 13.7. The van der Waals surface area contributed by atoms with Gasteiger partial charge in [-0.1, -0.05) is 26.0 Å². The molecule has 21 heavy (non-hydrogen) atoms. The zero-order valence-corrected chi connectivity index (χ0v) is 13.7. The number of hydrogen-bond donors (Lipinski definition) is 2. The van der Waals surface area contributed by atoms with Gasteiger partial charge in [0.1, 0.15) is 0 Å². The zero-order chi connectivity index (χ0) is 15.2. The maximum absolute atomic E-state index is 9.28. The number of anilines is 1. The third-order valence-corrected chi connectivity index (χ3v) is 4.36. The van der Waals surface area contributed by atoms with Crippen molar-refractivity contribution in [1.82, 2.24) is 5.32 Å². The molecule has 0 spiro atoms. The van der Waals surface area contributed by atoms with Gasteiger partial charge in [0, 0.05) is 31.4 Å². The molecule has 1 aliphatic heterocycles.